The van der Waals surface area contributed by atoms with Crippen molar-refractivity contribution in [1.82, 2.24) is 28.5 Å². The lowest BCUT2D eigenvalue weighted by molar-refractivity contribution is 0.261. The van der Waals surface area contributed by atoms with Crippen LogP contribution in [0.4, 0.5) is 14.7 Å². The van der Waals surface area contributed by atoms with Gasteiger partial charge in [-0.1, -0.05) is 59.1 Å². The number of hydrogen-bond donors (Lipinski definition) is 0. The Morgan fingerprint density at radius 1 is 0.519 bits per heavy atom. The molecule has 2 aromatic heterocycles. The van der Waals surface area contributed by atoms with Gasteiger partial charge in [-0.2, -0.15) is 18.7 Å². The number of nitrogens with zero attached hydrogens (tertiary/aromatic N) is 8. The summed E-state index contributed by atoms with van der Waals surface area (Å²) in [5, 5.41) is 4.20. The minimum atomic E-state index is -0.162. The van der Waals surface area contributed by atoms with E-state index >= 15 is 0 Å². The molecule has 280 valence electrons. The van der Waals surface area contributed by atoms with E-state index in [1.165, 1.54) is 34.7 Å². The second kappa shape index (κ2) is 18.8. The summed E-state index contributed by atoms with van der Waals surface area (Å²) in [6, 6.07) is 30.3. The van der Waals surface area contributed by atoms with E-state index in [9.17, 15) is 4.39 Å². The third-order valence-electron chi connectivity index (χ3n) is 9.53. The first kappa shape index (κ1) is 38.6. The molecule has 0 N–H and O–H groups in total. The zero-order chi connectivity index (χ0) is 37.3. The second-order valence-corrected chi connectivity index (χ2v) is 16.0. The molecule has 0 unspecified atom stereocenters. The summed E-state index contributed by atoms with van der Waals surface area (Å²) in [5.74, 6) is 1.36. The van der Waals surface area contributed by atoms with Gasteiger partial charge in [-0.15, -0.1) is 0 Å². The highest BCUT2D eigenvalue weighted by atomic mass is 35.5. The van der Waals surface area contributed by atoms with Crippen LogP contribution in [0, 0.1) is 5.82 Å². The van der Waals surface area contributed by atoms with Crippen molar-refractivity contribution in [2.75, 3.05) is 75.2 Å². The third kappa shape index (κ3) is 10.8. The molecule has 2 fully saturated rings. The van der Waals surface area contributed by atoms with Crippen LogP contribution in [-0.2, 0) is 12.8 Å². The molecule has 0 amide bonds. The highest BCUT2D eigenvalue weighted by molar-refractivity contribution is 7.10. The first-order chi connectivity index (χ1) is 26.3. The average molecular weight is 822 g/mol. The number of aromatic nitrogens is 4. The largest absolute Gasteiger partial charge is 0.344 e. The zero-order valence-corrected chi connectivity index (χ0v) is 33.5. The van der Waals surface area contributed by atoms with Gasteiger partial charge in [0.1, 0.15) is 5.82 Å². The summed E-state index contributed by atoms with van der Waals surface area (Å²) >= 11 is 20.9. The van der Waals surface area contributed by atoms with Crippen molar-refractivity contribution >= 4 is 68.1 Å². The lowest BCUT2D eigenvalue weighted by Crippen LogP contribution is -2.47. The predicted molar refractivity (Wildman–Crippen MR) is 223 cm³/mol. The Kier molecular flexibility index (Phi) is 13.4. The SMILES string of the molecule is Clc1ccc(-c2nsc(N3CCN(CCc4cccc(Cl)c4)CC3)n2)cc1.Fc1cccc(CCN2CCN(c3nc(-c4ccc(Cl)cc4)ns3)CC2)c1. The molecule has 0 atom stereocenters. The van der Waals surface area contributed by atoms with E-state index in [1.54, 1.807) is 12.1 Å². The van der Waals surface area contributed by atoms with Crippen molar-refractivity contribution in [2.24, 2.45) is 0 Å². The fourth-order valence-electron chi connectivity index (χ4n) is 6.41. The van der Waals surface area contributed by atoms with Gasteiger partial charge in [0.05, 0.1) is 0 Å². The molecule has 2 saturated heterocycles. The van der Waals surface area contributed by atoms with Gasteiger partial charge in [0, 0.05) is 115 Å². The van der Waals surface area contributed by atoms with Gasteiger partial charge in [0.25, 0.3) is 0 Å². The molecule has 6 aromatic rings. The van der Waals surface area contributed by atoms with E-state index in [0.29, 0.717) is 5.02 Å². The Hall–Kier alpha value is -3.68. The van der Waals surface area contributed by atoms with Crippen LogP contribution in [0.2, 0.25) is 15.1 Å². The molecule has 4 heterocycles. The highest BCUT2D eigenvalue weighted by Gasteiger charge is 2.22. The Bertz CT molecular complexity index is 1930. The molecule has 2 aliphatic rings. The Morgan fingerprint density at radius 3 is 1.41 bits per heavy atom. The first-order valence-electron chi connectivity index (χ1n) is 18.0. The predicted octanol–water partition coefficient (Wildman–Crippen LogP) is 9.24. The van der Waals surface area contributed by atoms with Crippen LogP contribution in [0.15, 0.2) is 97.1 Å². The lowest BCUT2D eigenvalue weighted by atomic mass is 10.1. The fraction of sp³-hybridized carbons (Fsp3) is 0.300. The molecular formula is C40H40Cl3FN8S2. The molecule has 4 aromatic carbocycles. The van der Waals surface area contributed by atoms with Crippen molar-refractivity contribution in [3.05, 3.63) is 129 Å². The van der Waals surface area contributed by atoms with E-state index in [2.05, 4.69) is 40.5 Å². The summed E-state index contributed by atoms with van der Waals surface area (Å²) in [7, 11) is 0. The Labute approximate surface area is 339 Å². The molecule has 0 saturated carbocycles. The van der Waals surface area contributed by atoms with E-state index in [1.807, 2.05) is 66.7 Å². The first-order valence-corrected chi connectivity index (χ1v) is 20.7. The number of piperazine rings is 2. The van der Waals surface area contributed by atoms with Crippen LogP contribution < -0.4 is 9.80 Å². The van der Waals surface area contributed by atoms with Crippen LogP contribution >= 0.6 is 57.9 Å². The number of anilines is 2. The van der Waals surface area contributed by atoms with Crippen LogP contribution in [0.5, 0.6) is 0 Å². The van der Waals surface area contributed by atoms with Crippen molar-refractivity contribution in [2.45, 2.75) is 12.8 Å². The maximum atomic E-state index is 13.3. The Balaban J connectivity index is 0.000000167. The standard InChI is InChI=1S/C20H20Cl2N4S.C20H20ClFN4S/c2*21-17-6-4-16(5-7-17)19-23-20(27-24-19)26-12-10-25(11-13-26)9-8-15-2-1-3-18(22)14-15/h2*1-7,14H,8-13H2. The topological polar surface area (TPSA) is 64.5 Å². The van der Waals surface area contributed by atoms with Gasteiger partial charge in [-0.3, -0.25) is 9.80 Å². The lowest BCUT2D eigenvalue weighted by Gasteiger charge is -2.34. The molecule has 0 radical (unpaired) electrons. The number of halogens is 4. The summed E-state index contributed by atoms with van der Waals surface area (Å²) in [6.07, 6.45) is 1.90. The summed E-state index contributed by atoms with van der Waals surface area (Å²) in [6.45, 7) is 9.85. The second-order valence-electron chi connectivity index (χ2n) is 13.2. The zero-order valence-electron chi connectivity index (χ0n) is 29.6. The fourth-order valence-corrected chi connectivity index (χ4v) is 8.35. The highest BCUT2D eigenvalue weighted by Crippen LogP contribution is 2.27. The molecule has 54 heavy (non-hydrogen) atoms. The summed E-state index contributed by atoms with van der Waals surface area (Å²) < 4.78 is 22.3. The molecule has 0 aliphatic carbocycles. The molecule has 14 heteroatoms. The van der Waals surface area contributed by atoms with Crippen molar-refractivity contribution in [3.63, 3.8) is 0 Å². The van der Waals surface area contributed by atoms with E-state index in [0.717, 1.165) is 127 Å². The number of benzene rings is 4. The average Bonchev–Trinajstić information content (AvgIpc) is 3.90. The van der Waals surface area contributed by atoms with Crippen LogP contribution in [-0.4, -0.2) is 94.0 Å². The van der Waals surface area contributed by atoms with Crippen LogP contribution in [0.1, 0.15) is 11.1 Å². The molecule has 8 nitrogen and oxygen atoms in total. The minimum absolute atomic E-state index is 0.162. The van der Waals surface area contributed by atoms with Gasteiger partial charge in [-0.05, 0) is 96.8 Å². The number of hydrogen-bond acceptors (Lipinski definition) is 10. The maximum Gasteiger partial charge on any atom is 0.205 e. The van der Waals surface area contributed by atoms with E-state index < -0.39 is 0 Å². The van der Waals surface area contributed by atoms with Crippen molar-refractivity contribution in [3.8, 4) is 22.8 Å². The smallest absolute Gasteiger partial charge is 0.205 e. The van der Waals surface area contributed by atoms with Crippen molar-refractivity contribution in [1.29, 1.82) is 0 Å². The Morgan fingerprint density at radius 2 is 0.963 bits per heavy atom. The molecule has 0 spiro atoms. The monoisotopic (exact) mass is 820 g/mol. The van der Waals surface area contributed by atoms with Gasteiger partial charge in [-0.25, -0.2) is 4.39 Å². The van der Waals surface area contributed by atoms with Gasteiger partial charge in [0.15, 0.2) is 11.6 Å². The normalized spacial score (nSPS) is 15.3. The summed E-state index contributed by atoms with van der Waals surface area (Å²) in [4.78, 5) is 18.9. The van der Waals surface area contributed by atoms with Gasteiger partial charge < -0.3 is 9.80 Å². The van der Waals surface area contributed by atoms with E-state index in [-0.39, 0.29) is 5.82 Å². The minimum Gasteiger partial charge on any atom is -0.344 e. The van der Waals surface area contributed by atoms with Gasteiger partial charge in [0.2, 0.25) is 10.3 Å². The molecule has 0 bridgehead atoms. The molecule has 8 rings (SSSR count). The molecule has 2 aliphatic heterocycles. The van der Waals surface area contributed by atoms with Gasteiger partial charge >= 0.3 is 0 Å². The third-order valence-corrected chi connectivity index (χ3v) is 11.8. The van der Waals surface area contributed by atoms with Crippen LogP contribution in [0.3, 0.4) is 0 Å². The van der Waals surface area contributed by atoms with E-state index in [4.69, 9.17) is 44.8 Å². The summed E-state index contributed by atoms with van der Waals surface area (Å²) in [5.41, 5.74) is 4.33. The van der Waals surface area contributed by atoms with Crippen molar-refractivity contribution < 1.29 is 4.39 Å². The quantitative estimate of drug-likeness (QED) is 0.136. The maximum absolute atomic E-state index is 13.3. The molecular weight excluding hydrogens is 782 g/mol. The van der Waals surface area contributed by atoms with Crippen LogP contribution in [0.25, 0.3) is 22.8 Å². The number of rotatable bonds is 10.